The molecule has 1 aliphatic heterocycles. The number of aliphatic hydroxyl groups is 1. The highest BCUT2D eigenvalue weighted by Crippen LogP contribution is 2.60. The van der Waals surface area contributed by atoms with E-state index in [9.17, 15) is 9.90 Å². The van der Waals surface area contributed by atoms with Gasteiger partial charge in [-0.2, -0.15) is 0 Å². The number of carbonyl (C=O) groups excluding carboxylic acids is 1. The van der Waals surface area contributed by atoms with Gasteiger partial charge >= 0.3 is 5.97 Å². The fourth-order valence-corrected chi connectivity index (χ4v) is 12.4. The van der Waals surface area contributed by atoms with Crippen molar-refractivity contribution in [3.05, 3.63) is 91.0 Å². The first-order valence-corrected chi connectivity index (χ1v) is 13.2. The minimum absolute atomic E-state index is 0.0998. The molecule has 0 bridgehead atoms. The summed E-state index contributed by atoms with van der Waals surface area (Å²) in [6, 6.07) is 31.8. The Bertz CT molecular complexity index is 969. The summed E-state index contributed by atoms with van der Waals surface area (Å²) in [7, 11) is -2.76. The second-order valence-corrected chi connectivity index (χ2v) is 13.2. The van der Waals surface area contributed by atoms with Crippen LogP contribution in [0.4, 0.5) is 0 Å². The Balaban J connectivity index is 1.88. The molecule has 0 unspecified atom stereocenters. The molecule has 1 saturated carbocycles. The van der Waals surface area contributed by atoms with E-state index in [1.807, 2.05) is 25.1 Å². The Labute approximate surface area is 184 Å². The van der Waals surface area contributed by atoms with Gasteiger partial charge in [-0.05, 0) is 41.7 Å². The van der Waals surface area contributed by atoms with Gasteiger partial charge in [0.05, 0.1) is 12.2 Å². The summed E-state index contributed by atoms with van der Waals surface area (Å²) in [5.74, 6) is -0.223. The molecule has 5 rings (SSSR count). The highest BCUT2D eigenvalue weighted by molar-refractivity contribution is 7.12. The van der Waals surface area contributed by atoms with E-state index in [4.69, 9.17) is 4.74 Å². The molecule has 2 fully saturated rings. The topological polar surface area (TPSA) is 46.5 Å². The average Bonchev–Trinajstić information content (AvgIpc) is 3.31. The molecule has 1 spiro atoms. The minimum Gasteiger partial charge on any atom is -0.465 e. The van der Waals surface area contributed by atoms with Crippen LogP contribution in [0, 0.1) is 5.41 Å². The van der Waals surface area contributed by atoms with Crippen LogP contribution in [0.1, 0.15) is 26.2 Å². The standard InChI is InChI=1S/C27H28O3Si/c1-26(29)18-11-19-27(26)24(20-30-25(27)28)31(21-12-5-2-6-13-21,22-14-7-3-8-15-22)23-16-9-4-10-17-23/h2-10,12-17,24,29H,11,18-20H2,1H3/t24-,26-,27+/m0/s1. The van der Waals surface area contributed by atoms with Crippen molar-refractivity contribution in [2.24, 2.45) is 5.41 Å². The van der Waals surface area contributed by atoms with Crippen molar-refractivity contribution in [1.29, 1.82) is 0 Å². The maximum Gasteiger partial charge on any atom is 0.315 e. The molecule has 31 heavy (non-hydrogen) atoms. The molecule has 1 heterocycles. The van der Waals surface area contributed by atoms with E-state index in [1.165, 1.54) is 15.6 Å². The third-order valence-corrected chi connectivity index (χ3v) is 13.2. The Morgan fingerprint density at radius 1 is 0.806 bits per heavy atom. The molecule has 1 aliphatic carbocycles. The lowest BCUT2D eigenvalue weighted by Crippen LogP contribution is -2.73. The van der Waals surface area contributed by atoms with Crippen LogP contribution in [-0.4, -0.2) is 31.4 Å². The molecule has 0 radical (unpaired) electrons. The number of esters is 1. The molecule has 3 aromatic rings. The van der Waals surface area contributed by atoms with Crippen molar-refractivity contribution in [3.63, 3.8) is 0 Å². The molecule has 1 saturated heterocycles. The van der Waals surface area contributed by atoms with E-state index in [0.717, 1.165) is 6.42 Å². The summed E-state index contributed by atoms with van der Waals surface area (Å²) in [5, 5.41) is 15.4. The second kappa shape index (κ2) is 7.47. The summed E-state index contributed by atoms with van der Waals surface area (Å²) >= 11 is 0. The van der Waals surface area contributed by atoms with Crippen molar-refractivity contribution in [2.45, 2.75) is 37.3 Å². The van der Waals surface area contributed by atoms with Crippen molar-refractivity contribution >= 4 is 29.6 Å². The number of benzene rings is 3. The molecule has 3 aromatic carbocycles. The van der Waals surface area contributed by atoms with Crippen LogP contribution >= 0.6 is 0 Å². The third-order valence-electron chi connectivity index (χ3n) is 7.75. The number of hydrogen-bond donors (Lipinski definition) is 1. The Morgan fingerprint density at radius 3 is 1.65 bits per heavy atom. The normalized spacial score (nSPS) is 28.1. The molecule has 1 N–H and O–H groups in total. The molecular formula is C27H28O3Si. The highest BCUT2D eigenvalue weighted by Gasteiger charge is 2.70. The van der Waals surface area contributed by atoms with Gasteiger partial charge in [0.2, 0.25) is 0 Å². The van der Waals surface area contributed by atoms with Gasteiger partial charge in [0.25, 0.3) is 0 Å². The van der Waals surface area contributed by atoms with Crippen LogP contribution < -0.4 is 15.6 Å². The maximum absolute atomic E-state index is 13.4. The smallest absolute Gasteiger partial charge is 0.315 e. The Kier molecular flexibility index (Phi) is 4.87. The molecule has 3 nitrogen and oxygen atoms in total. The number of carbonyl (C=O) groups is 1. The Morgan fingerprint density at radius 2 is 1.26 bits per heavy atom. The van der Waals surface area contributed by atoms with Crippen LogP contribution in [-0.2, 0) is 9.53 Å². The van der Waals surface area contributed by atoms with Gasteiger partial charge in [-0.25, -0.2) is 0 Å². The largest absolute Gasteiger partial charge is 0.465 e. The van der Waals surface area contributed by atoms with Crippen LogP contribution in [0.15, 0.2) is 91.0 Å². The molecule has 2 aliphatic rings. The van der Waals surface area contributed by atoms with Crippen LogP contribution in [0.2, 0.25) is 5.54 Å². The zero-order valence-corrected chi connectivity index (χ0v) is 18.8. The van der Waals surface area contributed by atoms with Gasteiger partial charge in [-0.3, -0.25) is 4.79 Å². The molecule has 4 heteroatoms. The van der Waals surface area contributed by atoms with Gasteiger partial charge in [0.1, 0.15) is 5.41 Å². The van der Waals surface area contributed by atoms with E-state index in [1.54, 1.807) is 0 Å². The first-order valence-electron chi connectivity index (χ1n) is 11.1. The van der Waals surface area contributed by atoms with Crippen LogP contribution in [0.5, 0.6) is 0 Å². The fraction of sp³-hybridized carbons (Fsp3) is 0.296. The monoisotopic (exact) mass is 428 g/mol. The molecule has 3 atom stereocenters. The molecule has 0 amide bonds. The number of hydrogen-bond acceptors (Lipinski definition) is 3. The molecule has 0 aromatic heterocycles. The van der Waals surface area contributed by atoms with Gasteiger partial charge in [0.15, 0.2) is 8.07 Å². The van der Waals surface area contributed by atoms with Crippen molar-refractivity contribution < 1.29 is 14.6 Å². The summed E-state index contributed by atoms with van der Waals surface area (Å²) in [6.07, 6.45) is 2.13. The van der Waals surface area contributed by atoms with E-state index >= 15 is 0 Å². The van der Waals surface area contributed by atoms with Gasteiger partial charge in [-0.15, -0.1) is 0 Å². The first-order chi connectivity index (χ1) is 15.0. The zero-order chi connectivity index (χ0) is 21.5. The number of ether oxygens (including phenoxy) is 1. The molecule has 158 valence electrons. The second-order valence-electron chi connectivity index (χ2n) is 9.16. The number of cyclic esters (lactones) is 1. The summed E-state index contributed by atoms with van der Waals surface area (Å²) in [6.45, 7) is 2.19. The lowest BCUT2D eigenvalue weighted by molar-refractivity contribution is -0.156. The minimum atomic E-state index is -2.76. The predicted molar refractivity (Wildman–Crippen MR) is 126 cm³/mol. The van der Waals surface area contributed by atoms with Crippen molar-refractivity contribution in [2.75, 3.05) is 6.61 Å². The van der Waals surface area contributed by atoms with E-state index < -0.39 is 19.1 Å². The summed E-state index contributed by atoms with van der Waals surface area (Å²) < 4.78 is 5.85. The predicted octanol–water partition coefficient (Wildman–Crippen LogP) is 3.01. The lowest BCUT2D eigenvalue weighted by atomic mass is 9.73. The van der Waals surface area contributed by atoms with Gasteiger partial charge in [0, 0.05) is 5.54 Å². The quantitative estimate of drug-likeness (QED) is 0.395. The number of rotatable bonds is 4. The van der Waals surface area contributed by atoms with E-state index in [-0.39, 0.29) is 11.5 Å². The SMILES string of the molecule is C[C@]1(O)CCC[C@@]12C(=O)OC[C@@H]2[Si](c1ccccc1)(c1ccccc1)c1ccccc1. The Hall–Kier alpha value is -2.69. The maximum atomic E-state index is 13.4. The summed E-state index contributed by atoms with van der Waals surface area (Å²) in [5.41, 5.74) is -2.07. The van der Waals surface area contributed by atoms with Gasteiger partial charge in [-0.1, -0.05) is 91.0 Å². The molecular weight excluding hydrogens is 400 g/mol. The highest BCUT2D eigenvalue weighted by atomic mass is 28.3. The van der Waals surface area contributed by atoms with Crippen molar-refractivity contribution in [1.82, 2.24) is 0 Å². The zero-order valence-electron chi connectivity index (χ0n) is 17.8. The van der Waals surface area contributed by atoms with E-state index in [0.29, 0.717) is 19.4 Å². The van der Waals surface area contributed by atoms with Gasteiger partial charge < -0.3 is 9.84 Å². The first kappa shape index (κ1) is 20.2. The van der Waals surface area contributed by atoms with Crippen LogP contribution in [0.3, 0.4) is 0 Å². The summed E-state index contributed by atoms with van der Waals surface area (Å²) in [4.78, 5) is 13.4. The van der Waals surface area contributed by atoms with E-state index in [2.05, 4.69) is 72.8 Å². The third kappa shape index (κ3) is 2.78. The van der Waals surface area contributed by atoms with Crippen molar-refractivity contribution in [3.8, 4) is 0 Å². The lowest BCUT2D eigenvalue weighted by Gasteiger charge is -2.47. The average molecular weight is 429 g/mol. The fourth-order valence-electron chi connectivity index (χ4n) is 6.35. The van der Waals surface area contributed by atoms with Crippen LogP contribution in [0.25, 0.3) is 0 Å².